The van der Waals surface area contributed by atoms with E-state index in [4.69, 9.17) is 0 Å². The third kappa shape index (κ3) is 7.66. The number of nitrogens with zero attached hydrogens (tertiary/aromatic N) is 2. The molecular weight excluding hydrogens is 264 g/mol. The molecule has 0 atom stereocenters. The second-order valence-electron chi connectivity index (χ2n) is 5.48. The molecule has 0 aliphatic carbocycles. The second-order valence-corrected chi connectivity index (χ2v) is 5.48. The van der Waals surface area contributed by atoms with Crippen LogP contribution in [0.2, 0.25) is 0 Å². The second kappa shape index (κ2) is 10.2. The van der Waals surface area contributed by atoms with Crippen LogP contribution in [0.1, 0.15) is 43.0 Å². The van der Waals surface area contributed by atoms with Crippen molar-refractivity contribution < 1.29 is 4.79 Å². The van der Waals surface area contributed by atoms with Gasteiger partial charge in [-0.25, -0.2) is 4.98 Å². The Morgan fingerprint density at radius 1 is 1.19 bits per heavy atom. The molecule has 0 aromatic carbocycles. The molecule has 0 bridgehead atoms. The fourth-order valence-corrected chi connectivity index (χ4v) is 1.92. The van der Waals surface area contributed by atoms with E-state index in [0.717, 1.165) is 31.7 Å². The molecule has 0 aliphatic rings. The Labute approximate surface area is 128 Å². The molecule has 21 heavy (non-hydrogen) atoms. The first kappa shape index (κ1) is 17.4. The van der Waals surface area contributed by atoms with Gasteiger partial charge in [-0.05, 0) is 45.6 Å². The van der Waals surface area contributed by atoms with Crippen LogP contribution in [-0.2, 0) is 0 Å². The van der Waals surface area contributed by atoms with E-state index >= 15 is 0 Å². The standard InChI is InChI=1S/C16H28N4O/c1-4-5-6-10-17-15-9-8-14(13-19-15)16(21)18-11-7-12-20(2)3/h8-9,13H,4-7,10-12H2,1-3H3,(H,17,19)(H,18,21). The quantitative estimate of drug-likeness (QED) is 0.650. The average molecular weight is 292 g/mol. The topological polar surface area (TPSA) is 57.3 Å². The molecule has 5 nitrogen and oxygen atoms in total. The highest BCUT2D eigenvalue weighted by atomic mass is 16.1. The molecule has 0 saturated heterocycles. The van der Waals surface area contributed by atoms with Crippen LogP contribution in [-0.4, -0.2) is 49.5 Å². The van der Waals surface area contributed by atoms with Crippen LogP contribution in [0.5, 0.6) is 0 Å². The first-order valence-electron chi connectivity index (χ1n) is 7.76. The van der Waals surface area contributed by atoms with Gasteiger partial charge in [0.25, 0.3) is 5.91 Å². The van der Waals surface area contributed by atoms with Crippen molar-refractivity contribution in [3.63, 3.8) is 0 Å². The SMILES string of the molecule is CCCCCNc1ccc(C(=O)NCCCN(C)C)cn1. The molecule has 1 amide bonds. The van der Waals surface area contributed by atoms with Crippen LogP contribution in [0.25, 0.3) is 0 Å². The van der Waals surface area contributed by atoms with Gasteiger partial charge < -0.3 is 15.5 Å². The monoisotopic (exact) mass is 292 g/mol. The molecule has 1 rings (SSSR count). The molecule has 0 radical (unpaired) electrons. The zero-order valence-electron chi connectivity index (χ0n) is 13.5. The predicted molar refractivity (Wildman–Crippen MR) is 87.8 cm³/mol. The smallest absolute Gasteiger partial charge is 0.252 e. The molecule has 5 heteroatoms. The van der Waals surface area contributed by atoms with E-state index in [-0.39, 0.29) is 5.91 Å². The van der Waals surface area contributed by atoms with Gasteiger partial charge in [-0.1, -0.05) is 19.8 Å². The Bertz CT molecular complexity index is 403. The molecule has 1 heterocycles. The first-order valence-corrected chi connectivity index (χ1v) is 7.76. The van der Waals surface area contributed by atoms with Gasteiger partial charge in [0.2, 0.25) is 0 Å². The highest BCUT2D eigenvalue weighted by Gasteiger charge is 2.05. The summed E-state index contributed by atoms with van der Waals surface area (Å²) in [5.74, 6) is 0.772. The van der Waals surface area contributed by atoms with Gasteiger partial charge in [-0.15, -0.1) is 0 Å². The maximum absolute atomic E-state index is 11.9. The molecule has 2 N–H and O–H groups in total. The van der Waals surface area contributed by atoms with Gasteiger partial charge in [0.15, 0.2) is 0 Å². The minimum absolute atomic E-state index is 0.0567. The molecule has 0 saturated carbocycles. The molecule has 1 aromatic rings. The number of hydrogen-bond acceptors (Lipinski definition) is 4. The van der Waals surface area contributed by atoms with E-state index in [1.54, 1.807) is 6.20 Å². The molecule has 0 fully saturated rings. The van der Waals surface area contributed by atoms with Crippen molar-refractivity contribution in [3.05, 3.63) is 23.9 Å². The lowest BCUT2D eigenvalue weighted by atomic mass is 10.2. The van der Waals surface area contributed by atoms with Gasteiger partial charge in [-0.3, -0.25) is 4.79 Å². The molecule has 1 aromatic heterocycles. The van der Waals surface area contributed by atoms with Gasteiger partial charge in [0.05, 0.1) is 5.56 Å². The molecule has 118 valence electrons. The minimum Gasteiger partial charge on any atom is -0.370 e. The molecule has 0 spiro atoms. The van der Waals surface area contributed by atoms with E-state index in [1.165, 1.54) is 12.8 Å². The number of anilines is 1. The lowest BCUT2D eigenvalue weighted by molar-refractivity contribution is 0.0952. The maximum atomic E-state index is 11.9. The van der Waals surface area contributed by atoms with Gasteiger partial charge >= 0.3 is 0 Å². The number of unbranched alkanes of at least 4 members (excludes halogenated alkanes) is 2. The summed E-state index contributed by atoms with van der Waals surface area (Å²) >= 11 is 0. The maximum Gasteiger partial charge on any atom is 0.252 e. The summed E-state index contributed by atoms with van der Waals surface area (Å²) in [6.07, 6.45) is 6.15. The number of carbonyl (C=O) groups excluding carboxylic acids is 1. The van der Waals surface area contributed by atoms with Crippen LogP contribution in [0.15, 0.2) is 18.3 Å². The molecular formula is C16H28N4O. The number of hydrogen-bond donors (Lipinski definition) is 2. The van der Waals surface area contributed by atoms with Crippen molar-refractivity contribution in [1.29, 1.82) is 0 Å². The Hall–Kier alpha value is -1.62. The summed E-state index contributed by atoms with van der Waals surface area (Å²) in [5, 5.41) is 6.17. The van der Waals surface area contributed by atoms with Crippen molar-refractivity contribution in [2.24, 2.45) is 0 Å². The summed E-state index contributed by atoms with van der Waals surface area (Å²) < 4.78 is 0. The summed E-state index contributed by atoms with van der Waals surface area (Å²) in [6.45, 7) is 4.77. The van der Waals surface area contributed by atoms with Crippen molar-refractivity contribution in [2.75, 3.05) is 39.0 Å². The van der Waals surface area contributed by atoms with E-state index in [2.05, 4.69) is 27.4 Å². The Balaban J connectivity index is 2.30. The van der Waals surface area contributed by atoms with Crippen LogP contribution >= 0.6 is 0 Å². The molecule has 0 aliphatic heterocycles. The summed E-state index contributed by atoms with van der Waals surface area (Å²) in [4.78, 5) is 18.3. The number of rotatable bonds is 10. The molecule has 0 unspecified atom stereocenters. The number of carbonyl (C=O) groups is 1. The minimum atomic E-state index is -0.0567. The van der Waals surface area contributed by atoms with Crippen molar-refractivity contribution in [1.82, 2.24) is 15.2 Å². The zero-order chi connectivity index (χ0) is 15.5. The Morgan fingerprint density at radius 3 is 2.62 bits per heavy atom. The van der Waals surface area contributed by atoms with Crippen LogP contribution in [0.3, 0.4) is 0 Å². The highest BCUT2D eigenvalue weighted by molar-refractivity contribution is 5.93. The number of pyridine rings is 1. The van der Waals surface area contributed by atoms with Crippen molar-refractivity contribution in [3.8, 4) is 0 Å². The Morgan fingerprint density at radius 2 is 2.00 bits per heavy atom. The summed E-state index contributed by atoms with van der Waals surface area (Å²) in [5.41, 5.74) is 0.610. The van der Waals surface area contributed by atoms with E-state index in [0.29, 0.717) is 12.1 Å². The third-order valence-electron chi connectivity index (χ3n) is 3.18. The normalized spacial score (nSPS) is 10.7. The zero-order valence-corrected chi connectivity index (χ0v) is 13.5. The summed E-state index contributed by atoms with van der Waals surface area (Å²) in [7, 11) is 4.05. The van der Waals surface area contributed by atoms with E-state index < -0.39 is 0 Å². The fraction of sp³-hybridized carbons (Fsp3) is 0.625. The van der Waals surface area contributed by atoms with Gasteiger partial charge in [0, 0.05) is 19.3 Å². The van der Waals surface area contributed by atoms with E-state index in [1.807, 2.05) is 26.2 Å². The van der Waals surface area contributed by atoms with Crippen molar-refractivity contribution >= 4 is 11.7 Å². The van der Waals surface area contributed by atoms with Crippen LogP contribution < -0.4 is 10.6 Å². The Kier molecular flexibility index (Phi) is 8.43. The highest BCUT2D eigenvalue weighted by Crippen LogP contribution is 2.06. The average Bonchev–Trinajstić information content (AvgIpc) is 2.48. The largest absolute Gasteiger partial charge is 0.370 e. The van der Waals surface area contributed by atoms with Crippen LogP contribution in [0.4, 0.5) is 5.82 Å². The number of aromatic nitrogens is 1. The first-order chi connectivity index (χ1) is 10.1. The lowest BCUT2D eigenvalue weighted by Crippen LogP contribution is -2.27. The predicted octanol–water partition coefficient (Wildman–Crippen LogP) is 2.37. The van der Waals surface area contributed by atoms with Gasteiger partial charge in [0.1, 0.15) is 5.82 Å². The van der Waals surface area contributed by atoms with Crippen LogP contribution in [0, 0.1) is 0 Å². The summed E-state index contributed by atoms with van der Waals surface area (Å²) in [6, 6.07) is 3.68. The fourth-order valence-electron chi connectivity index (χ4n) is 1.92. The number of amides is 1. The van der Waals surface area contributed by atoms with Crippen molar-refractivity contribution in [2.45, 2.75) is 32.6 Å². The van der Waals surface area contributed by atoms with Gasteiger partial charge in [-0.2, -0.15) is 0 Å². The third-order valence-corrected chi connectivity index (χ3v) is 3.18. The number of nitrogens with one attached hydrogen (secondary N) is 2. The lowest BCUT2D eigenvalue weighted by Gasteiger charge is -2.10. The van der Waals surface area contributed by atoms with E-state index in [9.17, 15) is 4.79 Å².